The molecule has 2 aromatic carbocycles. The van der Waals surface area contributed by atoms with E-state index in [0.717, 1.165) is 10.5 Å². The zero-order valence-corrected chi connectivity index (χ0v) is 15.6. The zero-order valence-electron chi connectivity index (χ0n) is 13.9. The van der Waals surface area contributed by atoms with Crippen molar-refractivity contribution in [3.05, 3.63) is 59.7 Å². The smallest absolute Gasteiger partial charge is 0.252 e. The SMILES string of the molecule is CCC(NC(=O)c1ccccc1SC)c1ccc(S(C)(=O)=O)cc1. The summed E-state index contributed by atoms with van der Waals surface area (Å²) in [6, 6.07) is 14.0. The largest absolute Gasteiger partial charge is 0.345 e. The molecular weight excluding hydrogens is 342 g/mol. The molecule has 0 fully saturated rings. The molecule has 2 aromatic rings. The predicted molar refractivity (Wildman–Crippen MR) is 98.3 cm³/mol. The fourth-order valence-electron chi connectivity index (χ4n) is 2.44. The Labute approximate surface area is 147 Å². The van der Waals surface area contributed by atoms with Crippen LogP contribution >= 0.6 is 11.8 Å². The first-order valence-electron chi connectivity index (χ1n) is 7.60. The van der Waals surface area contributed by atoms with E-state index in [9.17, 15) is 13.2 Å². The lowest BCUT2D eigenvalue weighted by molar-refractivity contribution is 0.0932. The second-order valence-electron chi connectivity index (χ2n) is 5.48. The minimum atomic E-state index is -3.22. The summed E-state index contributed by atoms with van der Waals surface area (Å²) in [5.74, 6) is -0.126. The fraction of sp³-hybridized carbons (Fsp3) is 0.278. The van der Waals surface area contributed by atoms with Gasteiger partial charge in [0.15, 0.2) is 9.84 Å². The van der Waals surface area contributed by atoms with Gasteiger partial charge in [0.05, 0.1) is 16.5 Å². The van der Waals surface area contributed by atoms with Gasteiger partial charge >= 0.3 is 0 Å². The monoisotopic (exact) mass is 363 g/mol. The number of sulfone groups is 1. The summed E-state index contributed by atoms with van der Waals surface area (Å²) in [7, 11) is -3.22. The summed E-state index contributed by atoms with van der Waals surface area (Å²) in [6.07, 6.45) is 3.83. The molecule has 0 saturated carbocycles. The minimum Gasteiger partial charge on any atom is -0.345 e. The Morgan fingerprint density at radius 3 is 2.29 bits per heavy atom. The van der Waals surface area contributed by atoms with Gasteiger partial charge in [0.2, 0.25) is 0 Å². The van der Waals surface area contributed by atoms with Crippen molar-refractivity contribution in [3.8, 4) is 0 Å². The van der Waals surface area contributed by atoms with E-state index in [1.54, 1.807) is 30.3 Å². The van der Waals surface area contributed by atoms with Crippen LogP contribution in [-0.2, 0) is 9.84 Å². The first-order chi connectivity index (χ1) is 11.4. The number of hydrogen-bond acceptors (Lipinski definition) is 4. The number of amides is 1. The third kappa shape index (κ3) is 4.39. The van der Waals surface area contributed by atoms with E-state index >= 15 is 0 Å². The van der Waals surface area contributed by atoms with E-state index in [-0.39, 0.29) is 16.8 Å². The number of thioether (sulfide) groups is 1. The molecule has 0 aliphatic carbocycles. The molecule has 0 bridgehead atoms. The van der Waals surface area contributed by atoms with Crippen LogP contribution in [0.4, 0.5) is 0 Å². The van der Waals surface area contributed by atoms with Gasteiger partial charge in [-0.05, 0) is 42.5 Å². The third-order valence-corrected chi connectivity index (χ3v) is 5.70. The number of benzene rings is 2. The Morgan fingerprint density at radius 2 is 1.75 bits per heavy atom. The standard InChI is InChI=1S/C18H21NO3S2/c1-4-16(13-9-11-14(12-10-13)24(3,21)22)19-18(20)15-7-5-6-8-17(15)23-2/h5-12,16H,4H2,1-3H3,(H,19,20). The van der Waals surface area contributed by atoms with Crippen molar-refractivity contribution in [2.24, 2.45) is 0 Å². The van der Waals surface area contributed by atoms with Crippen LogP contribution in [0.1, 0.15) is 35.3 Å². The van der Waals surface area contributed by atoms with Crippen molar-refractivity contribution in [1.29, 1.82) is 0 Å². The van der Waals surface area contributed by atoms with E-state index in [0.29, 0.717) is 12.0 Å². The van der Waals surface area contributed by atoms with Crippen LogP contribution in [0.5, 0.6) is 0 Å². The number of carbonyl (C=O) groups excluding carboxylic acids is 1. The summed E-state index contributed by atoms with van der Waals surface area (Å²) in [4.78, 5) is 13.8. The van der Waals surface area contributed by atoms with Gasteiger partial charge in [-0.3, -0.25) is 4.79 Å². The first kappa shape index (κ1) is 18.5. The Morgan fingerprint density at radius 1 is 1.12 bits per heavy atom. The number of carbonyl (C=O) groups is 1. The molecule has 1 N–H and O–H groups in total. The van der Waals surface area contributed by atoms with Gasteiger partial charge in [-0.1, -0.05) is 31.2 Å². The molecule has 6 heteroatoms. The molecule has 128 valence electrons. The summed E-state index contributed by atoms with van der Waals surface area (Å²) in [5, 5.41) is 3.03. The highest BCUT2D eigenvalue weighted by atomic mass is 32.2. The van der Waals surface area contributed by atoms with Crippen molar-refractivity contribution < 1.29 is 13.2 Å². The number of nitrogens with one attached hydrogen (secondary N) is 1. The lowest BCUT2D eigenvalue weighted by Crippen LogP contribution is -2.28. The fourth-order valence-corrected chi connectivity index (χ4v) is 3.66. The maximum absolute atomic E-state index is 12.6. The van der Waals surface area contributed by atoms with Gasteiger partial charge in [-0.2, -0.15) is 0 Å². The van der Waals surface area contributed by atoms with Gasteiger partial charge in [-0.15, -0.1) is 11.8 Å². The Bertz CT molecular complexity index is 814. The molecule has 2 rings (SSSR count). The summed E-state index contributed by atoms with van der Waals surface area (Å²) >= 11 is 1.53. The van der Waals surface area contributed by atoms with Crippen molar-refractivity contribution in [2.75, 3.05) is 12.5 Å². The molecule has 0 radical (unpaired) electrons. The maximum atomic E-state index is 12.6. The Balaban J connectivity index is 2.21. The van der Waals surface area contributed by atoms with E-state index in [4.69, 9.17) is 0 Å². The van der Waals surface area contributed by atoms with Gasteiger partial charge in [0.25, 0.3) is 5.91 Å². The average molecular weight is 364 g/mol. The third-order valence-electron chi connectivity index (χ3n) is 3.78. The highest BCUT2D eigenvalue weighted by Crippen LogP contribution is 2.23. The second kappa shape index (κ2) is 7.85. The summed E-state index contributed by atoms with van der Waals surface area (Å²) in [5.41, 5.74) is 1.54. The topological polar surface area (TPSA) is 63.2 Å². The van der Waals surface area contributed by atoms with Crippen molar-refractivity contribution in [1.82, 2.24) is 5.32 Å². The first-order valence-corrected chi connectivity index (χ1v) is 10.7. The van der Waals surface area contributed by atoms with E-state index in [1.165, 1.54) is 18.0 Å². The van der Waals surface area contributed by atoms with Crippen LogP contribution in [0.25, 0.3) is 0 Å². The van der Waals surface area contributed by atoms with E-state index in [1.807, 2.05) is 31.4 Å². The molecule has 1 amide bonds. The lowest BCUT2D eigenvalue weighted by Gasteiger charge is -2.18. The van der Waals surface area contributed by atoms with Crippen LogP contribution in [0.3, 0.4) is 0 Å². The molecule has 0 aliphatic rings. The van der Waals surface area contributed by atoms with Crippen LogP contribution in [0.2, 0.25) is 0 Å². The van der Waals surface area contributed by atoms with Crippen LogP contribution in [0, 0.1) is 0 Å². The molecule has 0 aromatic heterocycles. The molecule has 1 unspecified atom stereocenters. The molecule has 4 nitrogen and oxygen atoms in total. The normalized spacial score (nSPS) is 12.6. The van der Waals surface area contributed by atoms with Crippen LogP contribution in [0.15, 0.2) is 58.3 Å². The van der Waals surface area contributed by atoms with Crippen LogP contribution < -0.4 is 5.32 Å². The number of hydrogen-bond donors (Lipinski definition) is 1. The van der Waals surface area contributed by atoms with Gasteiger partial charge in [-0.25, -0.2) is 8.42 Å². The quantitative estimate of drug-likeness (QED) is 0.795. The molecule has 0 saturated heterocycles. The predicted octanol–water partition coefficient (Wildman–Crippen LogP) is 3.69. The number of rotatable bonds is 6. The molecule has 1 atom stereocenters. The average Bonchev–Trinajstić information content (AvgIpc) is 2.58. The molecule has 0 spiro atoms. The molecule has 24 heavy (non-hydrogen) atoms. The molecule has 0 heterocycles. The summed E-state index contributed by atoms with van der Waals surface area (Å²) in [6.45, 7) is 1.98. The maximum Gasteiger partial charge on any atom is 0.252 e. The lowest BCUT2D eigenvalue weighted by atomic mass is 10.0. The van der Waals surface area contributed by atoms with Gasteiger partial charge in [0.1, 0.15) is 0 Å². The van der Waals surface area contributed by atoms with Crippen molar-refractivity contribution >= 4 is 27.5 Å². The highest BCUT2D eigenvalue weighted by molar-refractivity contribution is 7.98. The van der Waals surface area contributed by atoms with Crippen LogP contribution in [-0.4, -0.2) is 26.8 Å². The summed E-state index contributed by atoms with van der Waals surface area (Å²) < 4.78 is 23.1. The van der Waals surface area contributed by atoms with E-state index in [2.05, 4.69) is 5.32 Å². The minimum absolute atomic E-state index is 0.126. The molecular formula is C18H21NO3S2. The van der Waals surface area contributed by atoms with Gasteiger partial charge < -0.3 is 5.32 Å². The van der Waals surface area contributed by atoms with Gasteiger partial charge in [0, 0.05) is 11.2 Å². The highest BCUT2D eigenvalue weighted by Gasteiger charge is 2.17. The Kier molecular flexibility index (Phi) is 6.07. The van der Waals surface area contributed by atoms with Crippen molar-refractivity contribution in [3.63, 3.8) is 0 Å². The zero-order chi connectivity index (χ0) is 17.7. The Hall–Kier alpha value is -1.79. The molecule has 0 aliphatic heterocycles. The van der Waals surface area contributed by atoms with Crippen molar-refractivity contribution in [2.45, 2.75) is 29.2 Å². The van der Waals surface area contributed by atoms with E-state index < -0.39 is 9.84 Å². The second-order valence-corrected chi connectivity index (χ2v) is 8.34.